The lowest BCUT2D eigenvalue weighted by Crippen LogP contribution is -2.14. The van der Waals surface area contributed by atoms with Crippen molar-refractivity contribution >= 4 is 5.97 Å². The van der Waals surface area contributed by atoms with E-state index in [0.717, 1.165) is 11.1 Å². The van der Waals surface area contributed by atoms with Gasteiger partial charge in [0.1, 0.15) is 5.75 Å². The first kappa shape index (κ1) is 14.6. The molecule has 0 aliphatic rings. The second kappa shape index (κ2) is 5.42. The van der Waals surface area contributed by atoms with Crippen LogP contribution in [-0.2, 0) is 16.6 Å². The Balaban J connectivity index is 3.16. The summed E-state index contributed by atoms with van der Waals surface area (Å²) in [6.45, 7) is 10.2. The van der Waals surface area contributed by atoms with E-state index in [1.807, 2.05) is 32.0 Å². The van der Waals surface area contributed by atoms with Crippen LogP contribution in [0.25, 0.3) is 0 Å². The van der Waals surface area contributed by atoms with Gasteiger partial charge in [-0.2, -0.15) is 0 Å². The van der Waals surface area contributed by atoms with Crippen LogP contribution in [0.1, 0.15) is 45.7 Å². The van der Waals surface area contributed by atoms with E-state index in [-0.39, 0.29) is 17.9 Å². The van der Waals surface area contributed by atoms with Crippen molar-refractivity contribution in [3.63, 3.8) is 0 Å². The summed E-state index contributed by atoms with van der Waals surface area (Å²) in [4.78, 5) is 10.9. The molecule has 0 saturated heterocycles. The number of hydrogen-bond acceptors (Lipinski definition) is 2. The standard InChI is InChI=1S/C15H22O3/c1-10(2)18-13-7-6-12(15(3,4)5)8-11(13)9-14(16)17/h6-8,10H,9H2,1-5H3,(H,16,17). The highest BCUT2D eigenvalue weighted by Gasteiger charge is 2.17. The Morgan fingerprint density at radius 3 is 2.39 bits per heavy atom. The number of carboxylic acids is 1. The SMILES string of the molecule is CC(C)Oc1ccc(C(C)(C)C)cc1CC(=O)O. The van der Waals surface area contributed by atoms with Gasteiger partial charge in [0.2, 0.25) is 0 Å². The molecule has 1 aromatic rings. The van der Waals surface area contributed by atoms with E-state index < -0.39 is 5.97 Å². The topological polar surface area (TPSA) is 46.5 Å². The van der Waals surface area contributed by atoms with Crippen LogP contribution in [0.3, 0.4) is 0 Å². The Kier molecular flexibility index (Phi) is 4.38. The van der Waals surface area contributed by atoms with Crippen molar-refractivity contribution in [1.82, 2.24) is 0 Å². The Bertz CT molecular complexity index is 428. The maximum absolute atomic E-state index is 10.9. The van der Waals surface area contributed by atoms with Crippen LogP contribution in [0.5, 0.6) is 5.75 Å². The molecule has 18 heavy (non-hydrogen) atoms. The molecule has 1 N–H and O–H groups in total. The Morgan fingerprint density at radius 2 is 1.94 bits per heavy atom. The van der Waals surface area contributed by atoms with Gasteiger partial charge in [0.05, 0.1) is 12.5 Å². The van der Waals surface area contributed by atoms with Gasteiger partial charge in [-0.3, -0.25) is 4.79 Å². The Morgan fingerprint density at radius 1 is 1.33 bits per heavy atom. The maximum Gasteiger partial charge on any atom is 0.307 e. The van der Waals surface area contributed by atoms with Crippen molar-refractivity contribution in [3.05, 3.63) is 29.3 Å². The summed E-state index contributed by atoms with van der Waals surface area (Å²) in [5.74, 6) is -0.171. The zero-order valence-electron chi connectivity index (χ0n) is 11.8. The molecule has 0 unspecified atom stereocenters. The van der Waals surface area contributed by atoms with Gasteiger partial charge in [-0.05, 0) is 30.9 Å². The average Bonchev–Trinajstić information content (AvgIpc) is 2.17. The molecule has 0 aliphatic heterocycles. The molecular weight excluding hydrogens is 228 g/mol. The lowest BCUT2D eigenvalue weighted by Gasteiger charge is -2.22. The molecule has 0 aliphatic carbocycles. The first-order chi connectivity index (χ1) is 8.20. The molecule has 0 aromatic heterocycles. The molecule has 3 nitrogen and oxygen atoms in total. The van der Waals surface area contributed by atoms with Crippen LogP contribution in [0.4, 0.5) is 0 Å². The predicted octanol–water partition coefficient (Wildman–Crippen LogP) is 3.40. The van der Waals surface area contributed by atoms with Crippen LogP contribution in [0.15, 0.2) is 18.2 Å². The number of carbonyl (C=O) groups is 1. The van der Waals surface area contributed by atoms with Crippen LogP contribution in [-0.4, -0.2) is 17.2 Å². The van der Waals surface area contributed by atoms with Gasteiger partial charge in [-0.25, -0.2) is 0 Å². The lowest BCUT2D eigenvalue weighted by atomic mass is 9.85. The fourth-order valence-corrected chi connectivity index (χ4v) is 1.72. The van der Waals surface area contributed by atoms with Gasteiger partial charge in [0.15, 0.2) is 0 Å². The van der Waals surface area contributed by atoms with Crippen molar-refractivity contribution in [2.75, 3.05) is 0 Å². The molecule has 0 atom stereocenters. The number of aliphatic carboxylic acids is 1. The minimum absolute atomic E-state index is 0.00359. The summed E-state index contributed by atoms with van der Waals surface area (Å²) < 4.78 is 5.65. The van der Waals surface area contributed by atoms with E-state index in [2.05, 4.69) is 20.8 Å². The average molecular weight is 250 g/mol. The third kappa shape index (κ3) is 4.06. The molecule has 100 valence electrons. The maximum atomic E-state index is 10.9. The van der Waals surface area contributed by atoms with E-state index in [1.54, 1.807) is 0 Å². The Hall–Kier alpha value is -1.51. The molecule has 0 fully saturated rings. The third-order valence-electron chi connectivity index (χ3n) is 2.63. The van der Waals surface area contributed by atoms with Gasteiger partial charge < -0.3 is 9.84 Å². The number of benzene rings is 1. The second-order valence-electron chi connectivity index (χ2n) is 5.81. The van der Waals surface area contributed by atoms with Crippen molar-refractivity contribution in [3.8, 4) is 5.75 Å². The van der Waals surface area contributed by atoms with Crippen LogP contribution >= 0.6 is 0 Å². The highest BCUT2D eigenvalue weighted by atomic mass is 16.5. The molecule has 0 radical (unpaired) electrons. The van der Waals surface area contributed by atoms with Gasteiger partial charge >= 0.3 is 5.97 Å². The molecule has 1 rings (SSSR count). The summed E-state index contributed by atoms with van der Waals surface area (Å²) in [6, 6.07) is 5.81. The van der Waals surface area contributed by atoms with Gasteiger partial charge in [0, 0.05) is 5.56 Å². The predicted molar refractivity (Wildman–Crippen MR) is 72.2 cm³/mol. The summed E-state index contributed by atoms with van der Waals surface area (Å²) in [5.41, 5.74) is 1.86. The fourth-order valence-electron chi connectivity index (χ4n) is 1.72. The summed E-state index contributed by atoms with van der Waals surface area (Å²) in [5, 5.41) is 8.96. The van der Waals surface area contributed by atoms with Crippen molar-refractivity contribution in [1.29, 1.82) is 0 Å². The monoisotopic (exact) mass is 250 g/mol. The highest BCUT2D eigenvalue weighted by molar-refractivity contribution is 5.71. The molecular formula is C15H22O3. The summed E-state index contributed by atoms with van der Waals surface area (Å²) in [7, 11) is 0. The van der Waals surface area contributed by atoms with E-state index in [4.69, 9.17) is 9.84 Å². The molecule has 0 spiro atoms. The molecule has 0 saturated carbocycles. The summed E-state index contributed by atoms with van der Waals surface area (Å²) >= 11 is 0. The number of carboxylic acid groups (broad SMARTS) is 1. The number of rotatable bonds is 4. The first-order valence-electron chi connectivity index (χ1n) is 6.22. The normalized spacial score (nSPS) is 11.7. The molecule has 0 amide bonds. The minimum atomic E-state index is -0.838. The van der Waals surface area contributed by atoms with Crippen LogP contribution in [0.2, 0.25) is 0 Å². The zero-order valence-corrected chi connectivity index (χ0v) is 11.8. The molecule has 0 bridgehead atoms. The van der Waals surface area contributed by atoms with Crippen molar-refractivity contribution < 1.29 is 14.6 Å². The largest absolute Gasteiger partial charge is 0.491 e. The van der Waals surface area contributed by atoms with Gasteiger partial charge in [-0.15, -0.1) is 0 Å². The zero-order chi connectivity index (χ0) is 13.9. The highest BCUT2D eigenvalue weighted by Crippen LogP contribution is 2.29. The molecule has 0 heterocycles. The number of ether oxygens (including phenoxy) is 1. The smallest absolute Gasteiger partial charge is 0.307 e. The second-order valence-corrected chi connectivity index (χ2v) is 5.81. The summed E-state index contributed by atoms with van der Waals surface area (Å²) in [6.07, 6.45) is 0.0319. The van der Waals surface area contributed by atoms with Gasteiger partial charge in [0.25, 0.3) is 0 Å². The van der Waals surface area contributed by atoms with Crippen molar-refractivity contribution in [2.24, 2.45) is 0 Å². The Labute approximate surface area is 109 Å². The quantitative estimate of drug-likeness (QED) is 0.890. The fraction of sp³-hybridized carbons (Fsp3) is 0.533. The number of hydrogen-bond donors (Lipinski definition) is 1. The van der Waals surface area contributed by atoms with E-state index >= 15 is 0 Å². The van der Waals surface area contributed by atoms with Crippen LogP contribution < -0.4 is 4.74 Å². The van der Waals surface area contributed by atoms with E-state index in [1.165, 1.54) is 0 Å². The third-order valence-corrected chi connectivity index (χ3v) is 2.63. The van der Waals surface area contributed by atoms with E-state index in [0.29, 0.717) is 5.75 Å². The van der Waals surface area contributed by atoms with Gasteiger partial charge in [-0.1, -0.05) is 32.9 Å². The van der Waals surface area contributed by atoms with Crippen molar-refractivity contribution in [2.45, 2.75) is 52.6 Å². The first-order valence-corrected chi connectivity index (χ1v) is 6.22. The minimum Gasteiger partial charge on any atom is -0.491 e. The molecule has 3 heteroatoms. The van der Waals surface area contributed by atoms with Crippen LogP contribution in [0, 0.1) is 0 Å². The molecule has 1 aromatic carbocycles. The lowest BCUT2D eigenvalue weighted by molar-refractivity contribution is -0.136. The van der Waals surface area contributed by atoms with E-state index in [9.17, 15) is 4.79 Å².